The van der Waals surface area contributed by atoms with Gasteiger partial charge in [-0.15, -0.1) is 0 Å². The second-order valence-electron chi connectivity index (χ2n) is 3.52. The lowest BCUT2D eigenvalue weighted by Crippen LogP contribution is -1.97. The van der Waals surface area contributed by atoms with Gasteiger partial charge in [0.2, 0.25) is 5.88 Å². The van der Waals surface area contributed by atoms with Crippen LogP contribution in [0.25, 0.3) is 0 Å². The van der Waals surface area contributed by atoms with Crippen LogP contribution in [0.15, 0.2) is 30.6 Å². The number of rotatable bonds is 3. The molecule has 1 aromatic carbocycles. The molecule has 0 aliphatic carbocycles. The van der Waals surface area contributed by atoms with Gasteiger partial charge in [-0.1, -0.05) is 17.7 Å². The van der Waals surface area contributed by atoms with Crippen molar-refractivity contribution in [1.82, 2.24) is 9.97 Å². The predicted molar refractivity (Wildman–Crippen MR) is 66.2 cm³/mol. The summed E-state index contributed by atoms with van der Waals surface area (Å²) in [6, 6.07) is 5.42. The highest BCUT2D eigenvalue weighted by Gasteiger charge is 2.07. The van der Waals surface area contributed by atoms with Crippen molar-refractivity contribution >= 4 is 11.6 Å². The minimum Gasteiger partial charge on any atom is -0.436 e. The van der Waals surface area contributed by atoms with Crippen LogP contribution in [0.2, 0.25) is 5.02 Å². The Hall–Kier alpha value is -1.65. The van der Waals surface area contributed by atoms with Gasteiger partial charge in [0.05, 0.1) is 10.7 Å². The van der Waals surface area contributed by atoms with Crippen molar-refractivity contribution in [2.75, 3.05) is 0 Å². The number of halogens is 1. The number of nitrogens with zero attached hydrogens (tertiary/aromatic N) is 2. The molecule has 0 spiro atoms. The number of aryl methyl sites for hydroxylation is 1. The molecule has 0 atom stereocenters. The Morgan fingerprint density at radius 3 is 2.71 bits per heavy atom. The number of benzene rings is 1. The molecule has 0 aliphatic heterocycles. The van der Waals surface area contributed by atoms with Gasteiger partial charge in [-0.2, -0.15) is 0 Å². The van der Waals surface area contributed by atoms with E-state index >= 15 is 0 Å². The van der Waals surface area contributed by atoms with Crippen LogP contribution < -0.4 is 10.5 Å². The molecular weight excluding hydrogens is 238 g/mol. The fourth-order valence-electron chi connectivity index (χ4n) is 1.35. The van der Waals surface area contributed by atoms with Gasteiger partial charge in [0.15, 0.2) is 0 Å². The molecule has 1 aromatic heterocycles. The minimum absolute atomic E-state index is 0.449. The summed E-state index contributed by atoms with van der Waals surface area (Å²) in [6.07, 6.45) is 3.19. The third-order valence-electron chi connectivity index (χ3n) is 2.27. The molecule has 0 saturated carbocycles. The molecule has 0 saturated heterocycles. The molecule has 0 radical (unpaired) electrons. The van der Waals surface area contributed by atoms with Crippen molar-refractivity contribution in [2.45, 2.75) is 13.5 Å². The van der Waals surface area contributed by atoms with Crippen LogP contribution >= 0.6 is 11.6 Å². The lowest BCUT2D eigenvalue weighted by atomic mass is 10.2. The minimum atomic E-state index is 0.449. The van der Waals surface area contributed by atoms with Crippen LogP contribution in [0.4, 0.5) is 0 Å². The number of hydrogen-bond donors (Lipinski definition) is 1. The monoisotopic (exact) mass is 249 g/mol. The Bertz CT molecular complexity index is 531. The predicted octanol–water partition coefficient (Wildman–Crippen LogP) is 2.69. The third-order valence-corrected chi connectivity index (χ3v) is 2.57. The summed E-state index contributed by atoms with van der Waals surface area (Å²) in [5.41, 5.74) is 7.19. The lowest BCUT2D eigenvalue weighted by molar-refractivity contribution is 0.455. The zero-order valence-electron chi connectivity index (χ0n) is 9.35. The van der Waals surface area contributed by atoms with Crippen LogP contribution in [0.3, 0.4) is 0 Å². The quantitative estimate of drug-likeness (QED) is 0.909. The Kier molecular flexibility index (Phi) is 3.56. The molecule has 0 unspecified atom stereocenters. The second-order valence-corrected chi connectivity index (χ2v) is 3.93. The zero-order chi connectivity index (χ0) is 12.3. The summed E-state index contributed by atoms with van der Waals surface area (Å²) < 4.78 is 5.59. The third kappa shape index (κ3) is 2.72. The van der Waals surface area contributed by atoms with Crippen molar-refractivity contribution in [3.63, 3.8) is 0 Å². The summed E-state index contributed by atoms with van der Waals surface area (Å²) in [6.45, 7) is 2.27. The Morgan fingerprint density at radius 1 is 1.29 bits per heavy atom. The summed E-state index contributed by atoms with van der Waals surface area (Å²) in [7, 11) is 0. The second kappa shape index (κ2) is 5.12. The Labute approximate surface area is 104 Å². The van der Waals surface area contributed by atoms with Gasteiger partial charge in [0, 0.05) is 18.9 Å². The van der Waals surface area contributed by atoms with Crippen molar-refractivity contribution in [2.24, 2.45) is 5.73 Å². The summed E-state index contributed by atoms with van der Waals surface area (Å²) in [4.78, 5) is 8.18. The molecule has 0 fully saturated rings. The molecule has 2 rings (SSSR count). The van der Waals surface area contributed by atoms with Gasteiger partial charge in [-0.05, 0) is 24.6 Å². The first-order chi connectivity index (χ1) is 8.20. The topological polar surface area (TPSA) is 61.0 Å². The average molecular weight is 250 g/mol. The fourth-order valence-corrected chi connectivity index (χ4v) is 1.59. The Morgan fingerprint density at radius 2 is 2.06 bits per heavy atom. The number of aromatic nitrogens is 2. The van der Waals surface area contributed by atoms with E-state index in [4.69, 9.17) is 22.1 Å². The highest BCUT2D eigenvalue weighted by Crippen LogP contribution is 2.29. The molecule has 0 aliphatic rings. The molecule has 88 valence electrons. The first-order valence-electron chi connectivity index (χ1n) is 5.14. The molecule has 1 heterocycles. The molecule has 2 aromatic rings. The summed E-state index contributed by atoms with van der Waals surface area (Å²) in [5, 5.41) is 0.512. The molecule has 2 N–H and O–H groups in total. The first-order valence-corrected chi connectivity index (χ1v) is 5.52. The SMILES string of the molecule is Cc1nccnc1Oc1ccc(CN)cc1Cl. The maximum Gasteiger partial charge on any atom is 0.240 e. The molecule has 0 amide bonds. The van der Waals surface area contributed by atoms with E-state index in [0.717, 1.165) is 5.56 Å². The fraction of sp³-hybridized carbons (Fsp3) is 0.167. The average Bonchev–Trinajstić information content (AvgIpc) is 2.34. The Balaban J connectivity index is 2.28. The van der Waals surface area contributed by atoms with Crippen molar-refractivity contribution in [1.29, 1.82) is 0 Å². The normalized spacial score (nSPS) is 10.3. The maximum atomic E-state index is 6.08. The van der Waals surface area contributed by atoms with E-state index in [2.05, 4.69) is 9.97 Å². The lowest BCUT2D eigenvalue weighted by Gasteiger charge is -2.08. The molecule has 5 heteroatoms. The zero-order valence-corrected chi connectivity index (χ0v) is 10.1. The van der Waals surface area contributed by atoms with Crippen molar-refractivity contribution in [3.8, 4) is 11.6 Å². The van der Waals surface area contributed by atoms with Gasteiger partial charge < -0.3 is 10.5 Å². The maximum absolute atomic E-state index is 6.08. The van der Waals surface area contributed by atoms with Gasteiger partial charge in [0.1, 0.15) is 5.75 Å². The van der Waals surface area contributed by atoms with Crippen LogP contribution in [0, 0.1) is 6.92 Å². The highest BCUT2D eigenvalue weighted by atomic mass is 35.5. The van der Waals surface area contributed by atoms with Gasteiger partial charge in [-0.25, -0.2) is 4.98 Å². The number of ether oxygens (including phenoxy) is 1. The van der Waals surface area contributed by atoms with E-state index in [1.54, 1.807) is 24.5 Å². The van der Waals surface area contributed by atoms with E-state index in [9.17, 15) is 0 Å². The first kappa shape index (κ1) is 11.8. The van der Waals surface area contributed by atoms with E-state index in [-0.39, 0.29) is 0 Å². The van der Waals surface area contributed by atoms with E-state index in [1.165, 1.54) is 0 Å². The smallest absolute Gasteiger partial charge is 0.240 e. The molecule has 0 bridgehead atoms. The van der Waals surface area contributed by atoms with Crippen LogP contribution in [0.5, 0.6) is 11.6 Å². The van der Waals surface area contributed by atoms with Crippen LogP contribution in [-0.4, -0.2) is 9.97 Å². The van der Waals surface area contributed by atoms with E-state index < -0.39 is 0 Å². The standard InChI is InChI=1S/C12H12ClN3O/c1-8-12(16-5-4-15-8)17-11-3-2-9(7-14)6-10(11)13/h2-6H,7,14H2,1H3. The number of nitrogens with two attached hydrogens (primary N) is 1. The van der Waals surface area contributed by atoms with E-state index in [1.807, 2.05) is 13.0 Å². The largest absolute Gasteiger partial charge is 0.436 e. The van der Waals surface area contributed by atoms with Gasteiger partial charge >= 0.3 is 0 Å². The summed E-state index contributed by atoms with van der Waals surface area (Å²) in [5.74, 6) is 1.00. The molecular formula is C12H12ClN3O. The molecule has 4 nitrogen and oxygen atoms in total. The summed E-state index contributed by atoms with van der Waals surface area (Å²) >= 11 is 6.08. The number of hydrogen-bond acceptors (Lipinski definition) is 4. The van der Waals surface area contributed by atoms with E-state index in [0.29, 0.717) is 28.9 Å². The van der Waals surface area contributed by atoms with Crippen molar-refractivity contribution in [3.05, 3.63) is 46.9 Å². The van der Waals surface area contributed by atoms with Crippen LogP contribution in [0.1, 0.15) is 11.3 Å². The van der Waals surface area contributed by atoms with Gasteiger partial charge in [0.25, 0.3) is 0 Å². The van der Waals surface area contributed by atoms with Crippen LogP contribution in [-0.2, 0) is 6.54 Å². The molecule has 17 heavy (non-hydrogen) atoms. The van der Waals surface area contributed by atoms with Crippen molar-refractivity contribution < 1.29 is 4.74 Å². The van der Waals surface area contributed by atoms with Gasteiger partial charge in [-0.3, -0.25) is 4.98 Å². The highest BCUT2D eigenvalue weighted by molar-refractivity contribution is 6.32.